The van der Waals surface area contributed by atoms with Crippen LogP contribution in [-0.2, 0) is 16.1 Å². The van der Waals surface area contributed by atoms with Crippen molar-refractivity contribution in [3.8, 4) is 5.82 Å². The van der Waals surface area contributed by atoms with Gasteiger partial charge in [-0.3, -0.25) is 9.36 Å². The predicted molar refractivity (Wildman–Crippen MR) is 94.3 cm³/mol. The number of pyridine rings is 1. The largest absolute Gasteiger partial charge is 0.368 e. The number of imidazole rings is 1. The van der Waals surface area contributed by atoms with Gasteiger partial charge in [-0.15, -0.1) is 0 Å². The third-order valence-electron chi connectivity index (χ3n) is 4.47. The molecular weight excluding hydrogens is 316 g/mol. The van der Waals surface area contributed by atoms with E-state index in [-0.39, 0.29) is 12.0 Å². The van der Waals surface area contributed by atoms with Gasteiger partial charge in [0.15, 0.2) is 0 Å². The van der Waals surface area contributed by atoms with Gasteiger partial charge >= 0.3 is 0 Å². The number of amides is 1. The fourth-order valence-electron chi connectivity index (χ4n) is 3.16. The van der Waals surface area contributed by atoms with Crippen LogP contribution in [0.15, 0.2) is 48.9 Å². The maximum Gasteiger partial charge on any atom is 0.249 e. The van der Waals surface area contributed by atoms with E-state index in [2.05, 4.69) is 15.3 Å². The molecule has 2 aromatic heterocycles. The first-order valence-corrected chi connectivity index (χ1v) is 8.58. The maximum atomic E-state index is 12.3. The second-order valence-corrected chi connectivity index (χ2v) is 6.16. The lowest BCUT2D eigenvalue weighted by Crippen LogP contribution is -2.38. The summed E-state index contributed by atoms with van der Waals surface area (Å²) in [4.78, 5) is 21.2. The number of hydrogen-bond acceptors (Lipinski definition) is 4. The van der Waals surface area contributed by atoms with E-state index in [0.29, 0.717) is 13.2 Å². The summed E-state index contributed by atoms with van der Waals surface area (Å²) in [7, 11) is 0. The molecule has 6 nitrogen and oxygen atoms in total. The molecule has 25 heavy (non-hydrogen) atoms. The Balaban J connectivity index is 1.56. The molecule has 0 saturated carbocycles. The van der Waals surface area contributed by atoms with Crippen LogP contribution in [0.3, 0.4) is 0 Å². The van der Waals surface area contributed by atoms with Gasteiger partial charge in [0.05, 0.1) is 11.0 Å². The molecule has 1 aromatic carbocycles. The second kappa shape index (κ2) is 7.03. The van der Waals surface area contributed by atoms with E-state index in [1.165, 1.54) is 0 Å². The quantitative estimate of drug-likeness (QED) is 0.795. The summed E-state index contributed by atoms with van der Waals surface area (Å²) in [6, 6.07) is 11.8. The Kier molecular flexibility index (Phi) is 4.43. The summed E-state index contributed by atoms with van der Waals surface area (Å²) in [5, 5.41) is 2.98. The van der Waals surface area contributed by atoms with Gasteiger partial charge in [-0.25, -0.2) is 9.97 Å². The van der Waals surface area contributed by atoms with Crippen molar-refractivity contribution >= 4 is 16.9 Å². The van der Waals surface area contributed by atoms with Crippen LogP contribution in [0.2, 0.25) is 0 Å². The second-order valence-electron chi connectivity index (χ2n) is 6.16. The predicted octanol–water partition coefficient (Wildman–Crippen LogP) is 2.61. The minimum Gasteiger partial charge on any atom is -0.368 e. The number of rotatable bonds is 4. The van der Waals surface area contributed by atoms with Crippen LogP contribution in [0.5, 0.6) is 0 Å². The minimum atomic E-state index is -0.331. The lowest BCUT2D eigenvalue weighted by atomic mass is 10.1. The van der Waals surface area contributed by atoms with Crippen molar-refractivity contribution < 1.29 is 9.53 Å². The molecule has 0 radical (unpaired) electrons. The first-order valence-electron chi connectivity index (χ1n) is 8.58. The molecule has 1 fully saturated rings. The van der Waals surface area contributed by atoms with E-state index in [1.54, 1.807) is 12.5 Å². The summed E-state index contributed by atoms with van der Waals surface area (Å²) in [6.07, 6.45) is 6.05. The number of hydrogen-bond donors (Lipinski definition) is 1. The van der Waals surface area contributed by atoms with Gasteiger partial charge in [0, 0.05) is 24.9 Å². The number of carbonyl (C=O) groups excluding carboxylic acids is 1. The smallest absolute Gasteiger partial charge is 0.249 e. The molecule has 3 heterocycles. The Labute approximate surface area is 145 Å². The third kappa shape index (κ3) is 3.25. The van der Waals surface area contributed by atoms with Crippen molar-refractivity contribution in [2.24, 2.45) is 0 Å². The summed E-state index contributed by atoms with van der Waals surface area (Å²) in [5.41, 5.74) is 2.85. The zero-order valence-corrected chi connectivity index (χ0v) is 13.9. The zero-order valence-electron chi connectivity index (χ0n) is 13.9. The van der Waals surface area contributed by atoms with Crippen LogP contribution in [0, 0.1) is 0 Å². The van der Waals surface area contributed by atoms with Gasteiger partial charge in [-0.05, 0) is 37.5 Å². The number of carbonyl (C=O) groups is 1. The van der Waals surface area contributed by atoms with Gasteiger partial charge in [-0.2, -0.15) is 0 Å². The molecule has 128 valence electrons. The Morgan fingerprint density at radius 1 is 1.20 bits per heavy atom. The van der Waals surface area contributed by atoms with Crippen LogP contribution < -0.4 is 5.32 Å². The molecule has 1 N–H and O–H groups in total. The van der Waals surface area contributed by atoms with E-state index in [0.717, 1.165) is 41.7 Å². The molecule has 1 atom stereocenters. The number of fused-ring (bicyclic) bond motifs is 1. The van der Waals surface area contributed by atoms with Gasteiger partial charge in [0.2, 0.25) is 5.91 Å². The first-order chi connectivity index (χ1) is 12.3. The highest BCUT2D eigenvalue weighted by Crippen LogP contribution is 2.19. The molecule has 1 aliphatic heterocycles. The van der Waals surface area contributed by atoms with Gasteiger partial charge in [0.25, 0.3) is 0 Å². The Morgan fingerprint density at radius 3 is 3.00 bits per heavy atom. The average molecular weight is 336 g/mol. The van der Waals surface area contributed by atoms with Crippen molar-refractivity contribution in [3.05, 3.63) is 54.5 Å². The molecule has 0 spiro atoms. The molecular formula is C19H20N4O2. The SMILES string of the molecule is O=C(NCc1cccnc1-n1cnc2ccccc21)[C@@H]1CCCCO1. The van der Waals surface area contributed by atoms with Gasteiger partial charge in [0.1, 0.15) is 18.2 Å². The highest BCUT2D eigenvalue weighted by Gasteiger charge is 2.22. The van der Waals surface area contributed by atoms with Gasteiger partial charge < -0.3 is 10.1 Å². The van der Waals surface area contributed by atoms with Crippen molar-refractivity contribution in [1.29, 1.82) is 0 Å². The fourth-order valence-corrected chi connectivity index (χ4v) is 3.16. The fraction of sp³-hybridized carbons (Fsp3) is 0.316. The van der Waals surface area contributed by atoms with Crippen LogP contribution in [0.25, 0.3) is 16.9 Å². The highest BCUT2D eigenvalue weighted by atomic mass is 16.5. The maximum absolute atomic E-state index is 12.3. The number of aromatic nitrogens is 3. The van der Waals surface area contributed by atoms with Crippen molar-refractivity contribution in [2.45, 2.75) is 31.9 Å². The number of nitrogens with one attached hydrogen (secondary N) is 1. The van der Waals surface area contributed by atoms with Crippen LogP contribution >= 0.6 is 0 Å². The van der Waals surface area contributed by atoms with Crippen LogP contribution in [0.4, 0.5) is 0 Å². The lowest BCUT2D eigenvalue weighted by Gasteiger charge is -2.22. The number of benzene rings is 1. The molecule has 4 rings (SSSR count). The molecule has 0 bridgehead atoms. The van der Waals surface area contributed by atoms with Crippen LogP contribution in [-0.4, -0.2) is 33.2 Å². The van der Waals surface area contributed by atoms with Crippen molar-refractivity contribution in [1.82, 2.24) is 19.9 Å². The monoisotopic (exact) mass is 336 g/mol. The van der Waals surface area contributed by atoms with E-state index in [1.807, 2.05) is 41.0 Å². The number of para-hydroxylation sites is 2. The minimum absolute atomic E-state index is 0.0509. The molecule has 1 saturated heterocycles. The molecule has 6 heteroatoms. The van der Waals surface area contributed by atoms with Gasteiger partial charge in [-0.1, -0.05) is 18.2 Å². The first kappa shape index (κ1) is 15.8. The summed E-state index contributed by atoms with van der Waals surface area (Å²) >= 11 is 0. The topological polar surface area (TPSA) is 69.0 Å². The van der Waals surface area contributed by atoms with Crippen molar-refractivity contribution in [2.75, 3.05) is 6.61 Å². The molecule has 0 aliphatic carbocycles. The van der Waals surface area contributed by atoms with Crippen molar-refractivity contribution in [3.63, 3.8) is 0 Å². The van der Waals surface area contributed by atoms with Crippen LogP contribution in [0.1, 0.15) is 24.8 Å². The number of ether oxygens (including phenoxy) is 1. The zero-order chi connectivity index (χ0) is 17.1. The Morgan fingerprint density at radius 2 is 2.12 bits per heavy atom. The standard InChI is InChI=1S/C19H20N4O2/c24-19(17-9-3-4-11-25-17)21-12-14-6-5-10-20-18(14)23-13-22-15-7-1-2-8-16(15)23/h1-2,5-8,10,13,17H,3-4,9,11-12H2,(H,21,24)/t17-/m0/s1. The normalized spacial score (nSPS) is 17.5. The molecule has 0 unspecified atom stereocenters. The Bertz CT molecular complexity index is 884. The lowest BCUT2D eigenvalue weighted by molar-refractivity contribution is -0.135. The third-order valence-corrected chi connectivity index (χ3v) is 4.47. The summed E-state index contributed by atoms with van der Waals surface area (Å²) in [6.45, 7) is 1.08. The van der Waals surface area contributed by atoms with E-state index >= 15 is 0 Å². The van der Waals surface area contributed by atoms with E-state index < -0.39 is 0 Å². The highest BCUT2D eigenvalue weighted by molar-refractivity contribution is 5.81. The summed E-state index contributed by atoms with van der Waals surface area (Å²) < 4.78 is 7.50. The van der Waals surface area contributed by atoms with E-state index in [9.17, 15) is 4.79 Å². The molecule has 1 aliphatic rings. The Hall–Kier alpha value is -2.73. The van der Waals surface area contributed by atoms with E-state index in [4.69, 9.17) is 4.74 Å². The summed E-state index contributed by atoms with van der Waals surface area (Å²) in [5.74, 6) is 0.728. The number of nitrogens with zero attached hydrogens (tertiary/aromatic N) is 3. The molecule has 1 amide bonds. The molecule has 3 aromatic rings. The average Bonchev–Trinajstić information content (AvgIpc) is 3.11.